The summed E-state index contributed by atoms with van der Waals surface area (Å²) < 4.78 is 11.4. The standard InChI is InChI=1S/C52H68N6O12S/c1-11-32(6)37(28-43(61)40-16-14-15-21-55(40)9)51(66)56(10)41(31(4)5)29-45(69-34(8)59)50-54-39(30-71-50)42(60)27-36(24-33(7)52(67)68)25-35-17-18-44-38(26-35)53-46(62)19-22-57(47(63)12-2)58(48(64)13-3)23-20-49(65)70-44/h2-3,17-18,26,30-33,36-37,40-41,45H,11,14-16,19-25,27-29H2,1,4-10H3,(H,53,62)(H,67,68)/t32-,33?,36+,37-,40+,41+,45+/m0/s1. The number of aliphatic carboxylic acids is 1. The molecule has 71 heavy (non-hydrogen) atoms. The number of likely N-dealkylation sites (N-methyl/N-ethyl adjacent to an activating group) is 1. The van der Waals surface area contributed by atoms with Crippen molar-refractivity contribution >= 4 is 70.1 Å². The van der Waals surface area contributed by atoms with Gasteiger partial charge >= 0.3 is 29.7 Å². The molecule has 3 heterocycles. The quantitative estimate of drug-likeness (QED) is 0.0697. The molecule has 0 bridgehead atoms. The zero-order valence-corrected chi connectivity index (χ0v) is 42.9. The van der Waals surface area contributed by atoms with Gasteiger partial charge in [-0.1, -0.05) is 53.5 Å². The molecule has 1 aromatic carbocycles. The number of esters is 2. The predicted molar refractivity (Wildman–Crippen MR) is 264 cm³/mol. The van der Waals surface area contributed by atoms with Crippen LogP contribution in [0, 0.1) is 54.3 Å². The Balaban J connectivity index is 1.57. The molecule has 1 fully saturated rings. The van der Waals surface area contributed by atoms with Crippen molar-refractivity contribution in [3.63, 3.8) is 0 Å². The Hall–Kier alpha value is -6.44. The second-order valence-electron chi connectivity index (χ2n) is 19.0. The number of ketones is 2. The second-order valence-corrected chi connectivity index (χ2v) is 19.9. The summed E-state index contributed by atoms with van der Waals surface area (Å²) in [7, 11) is 3.67. The van der Waals surface area contributed by atoms with Crippen molar-refractivity contribution in [2.24, 2.45) is 29.6 Å². The molecule has 2 aromatic rings. The average Bonchev–Trinajstić information content (AvgIpc) is 3.83. The fourth-order valence-corrected chi connectivity index (χ4v) is 10.0. The Bertz CT molecular complexity index is 2390. The van der Waals surface area contributed by atoms with Crippen molar-refractivity contribution in [3.8, 4) is 30.4 Å². The van der Waals surface area contributed by atoms with Gasteiger partial charge in [-0.15, -0.1) is 24.2 Å². The number of likely N-dealkylation sites (tertiary alicyclic amines) is 1. The van der Waals surface area contributed by atoms with Crippen LogP contribution in [0.5, 0.6) is 5.75 Å². The van der Waals surface area contributed by atoms with Crippen LogP contribution in [0.1, 0.15) is 133 Å². The van der Waals surface area contributed by atoms with Gasteiger partial charge in [-0.05, 0) is 86.6 Å². The van der Waals surface area contributed by atoms with Crippen LogP contribution in [0.3, 0.4) is 0 Å². The Kier molecular flexibility index (Phi) is 21.5. The smallest absolute Gasteiger partial charge is 0.316 e. The highest BCUT2D eigenvalue weighted by molar-refractivity contribution is 7.09. The average molecular weight is 1000 g/mol. The third-order valence-electron chi connectivity index (χ3n) is 13.4. The van der Waals surface area contributed by atoms with Gasteiger partial charge in [0.05, 0.1) is 37.2 Å². The molecule has 2 N–H and O–H groups in total. The van der Waals surface area contributed by atoms with Crippen LogP contribution >= 0.6 is 11.3 Å². The molecule has 18 nitrogen and oxygen atoms in total. The lowest BCUT2D eigenvalue weighted by atomic mass is 9.83. The van der Waals surface area contributed by atoms with Gasteiger partial charge < -0.3 is 24.8 Å². The molecule has 1 unspecified atom stereocenters. The van der Waals surface area contributed by atoms with Gasteiger partial charge in [0.1, 0.15) is 10.7 Å². The maximum atomic E-state index is 14.4. The molecule has 0 aliphatic carbocycles. The number of fused-ring (bicyclic) bond motifs is 1. The number of hydrogen-bond acceptors (Lipinski definition) is 14. The van der Waals surface area contributed by atoms with E-state index in [1.54, 1.807) is 29.5 Å². The van der Waals surface area contributed by atoms with Crippen LogP contribution in [0.15, 0.2) is 23.6 Å². The first-order chi connectivity index (χ1) is 33.6. The number of rotatable bonds is 20. The van der Waals surface area contributed by atoms with E-state index in [9.17, 15) is 48.3 Å². The maximum Gasteiger partial charge on any atom is 0.316 e. The number of anilines is 1. The number of carbonyl (C=O) groups is 9. The molecule has 2 aliphatic heterocycles. The van der Waals surface area contributed by atoms with Crippen molar-refractivity contribution in [2.75, 3.05) is 39.0 Å². The van der Waals surface area contributed by atoms with Crippen molar-refractivity contribution in [1.29, 1.82) is 0 Å². The molecule has 0 radical (unpaired) electrons. The number of nitrogens with zero attached hydrogens (tertiary/aromatic N) is 5. The van der Waals surface area contributed by atoms with Gasteiger partial charge in [0.25, 0.3) is 0 Å². The van der Waals surface area contributed by atoms with Gasteiger partial charge in [-0.3, -0.25) is 48.1 Å². The van der Waals surface area contributed by atoms with Crippen LogP contribution in [0.25, 0.3) is 0 Å². The number of amides is 4. The van der Waals surface area contributed by atoms with Crippen LogP contribution in [0.4, 0.5) is 5.69 Å². The number of carbonyl (C=O) groups excluding carboxylic acids is 8. The summed E-state index contributed by atoms with van der Waals surface area (Å²) in [6, 6.07) is 3.94. The number of hydrazine groups is 1. The highest BCUT2D eigenvalue weighted by atomic mass is 32.1. The number of piperidine rings is 1. The van der Waals surface area contributed by atoms with E-state index in [-0.39, 0.29) is 98.3 Å². The Labute approximate surface area is 420 Å². The molecule has 4 rings (SSSR count). The topological polar surface area (TPSA) is 230 Å². The number of aromatic nitrogens is 1. The fourth-order valence-electron chi connectivity index (χ4n) is 9.17. The van der Waals surface area contributed by atoms with E-state index in [1.807, 2.05) is 46.6 Å². The molecule has 0 spiro atoms. The van der Waals surface area contributed by atoms with Crippen LogP contribution in [0.2, 0.25) is 0 Å². The molecule has 1 saturated heterocycles. The summed E-state index contributed by atoms with van der Waals surface area (Å²) in [4.78, 5) is 127. The molecular formula is C52H68N6O12S. The largest absolute Gasteiger partial charge is 0.481 e. The molecule has 4 amide bonds. The van der Waals surface area contributed by atoms with E-state index in [1.165, 1.54) is 19.9 Å². The van der Waals surface area contributed by atoms with E-state index < -0.39 is 77.7 Å². The number of carboxylic acid groups (broad SMARTS) is 1. The summed E-state index contributed by atoms with van der Waals surface area (Å²) in [6.45, 7) is 10.8. The SMILES string of the molecule is C#CC(=O)N1CCC(=O)Nc2cc(C[C@H](CC(=O)c3csc([C@@H](C[C@H](C(C)C)N(C)C(=O)[C@@H](CC(=O)[C@H]4CCCCN4C)[C@@H](C)CC)OC(C)=O)n3)CC(C)C(=O)O)ccc2OC(=O)CCN1C(=O)C#C. The molecule has 19 heteroatoms. The minimum atomic E-state index is -1.07. The van der Waals surface area contributed by atoms with E-state index in [0.717, 1.165) is 47.2 Å². The molecule has 2 aliphatic rings. The summed E-state index contributed by atoms with van der Waals surface area (Å²) in [5.41, 5.74) is 0.735. The normalized spacial score (nSPS) is 18.3. The minimum absolute atomic E-state index is 0.0219. The first kappa shape index (κ1) is 57.1. The van der Waals surface area contributed by atoms with Gasteiger partial charge in [-0.25, -0.2) is 15.0 Å². The van der Waals surface area contributed by atoms with Crippen LogP contribution in [-0.4, -0.2) is 129 Å². The third-order valence-corrected chi connectivity index (χ3v) is 14.3. The van der Waals surface area contributed by atoms with E-state index in [2.05, 4.69) is 15.2 Å². The third kappa shape index (κ3) is 16.0. The monoisotopic (exact) mass is 1000 g/mol. The summed E-state index contributed by atoms with van der Waals surface area (Å²) in [5, 5.41) is 16.1. The maximum absolute atomic E-state index is 14.4. The first-order valence-corrected chi connectivity index (χ1v) is 25.0. The number of carboxylic acids is 1. The Morgan fingerprint density at radius 3 is 2.23 bits per heavy atom. The van der Waals surface area contributed by atoms with E-state index >= 15 is 0 Å². The summed E-state index contributed by atoms with van der Waals surface area (Å²) in [5.74, 6) is -3.91. The molecule has 384 valence electrons. The zero-order valence-electron chi connectivity index (χ0n) is 42.1. The number of terminal acetylenes is 2. The van der Waals surface area contributed by atoms with Crippen molar-refractivity contribution in [2.45, 2.75) is 130 Å². The lowest BCUT2D eigenvalue weighted by Gasteiger charge is -2.37. The summed E-state index contributed by atoms with van der Waals surface area (Å²) in [6.07, 6.45) is 12.8. The van der Waals surface area contributed by atoms with Crippen molar-refractivity contribution < 1.29 is 57.7 Å². The Morgan fingerprint density at radius 2 is 1.63 bits per heavy atom. The number of benzene rings is 1. The van der Waals surface area contributed by atoms with Gasteiger partial charge in [-0.2, -0.15) is 0 Å². The van der Waals surface area contributed by atoms with E-state index in [0.29, 0.717) is 17.0 Å². The van der Waals surface area contributed by atoms with Crippen LogP contribution < -0.4 is 10.1 Å². The van der Waals surface area contributed by atoms with E-state index in [4.69, 9.17) is 22.3 Å². The van der Waals surface area contributed by atoms with Crippen LogP contribution in [-0.2, 0) is 49.5 Å². The van der Waals surface area contributed by atoms with Crippen molar-refractivity contribution in [1.82, 2.24) is 24.8 Å². The fraction of sp³-hybridized carbons (Fsp3) is 0.577. The lowest BCUT2D eigenvalue weighted by molar-refractivity contribution is -0.158. The molecule has 1 aromatic heterocycles. The second kappa shape index (κ2) is 26.7. The lowest BCUT2D eigenvalue weighted by Crippen LogP contribution is -2.51. The Morgan fingerprint density at radius 1 is 0.972 bits per heavy atom. The number of nitrogens with one attached hydrogen (secondary N) is 1. The minimum Gasteiger partial charge on any atom is -0.481 e. The highest BCUT2D eigenvalue weighted by Crippen LogP contribution is 2.35. The molecule has 0 saturated carbocycles. The molecule has 7 atom stereocenters. The highest BCUT2D eigenvalue weighted by Gasteiger charge is 2.38. The first-order valence-electron chi connectivity index (χ1n) is 24.2. The predicted octanol–water partition coefficient (Wildman–Crippen LogP) is 5.75. The summed E-state index contributed by atoms with van der Waals surface area (Å²) >= 11 is 1.12. The van der Waals surface area contributed by atoms with Gasteiger partial charge in [0.15, 0.2) is 23.4 Å². The number of ether oxygens (including phenoxy) is 2. The van der Waals surface area contributed by atoms with Gasteiger partial charge in [0.2, 0.25) is 11.8 Å². The van der Waals surface area contributed by atoms with Gasteiger partial charge in [0, 0.05) is 57.0 Å². The number of Topliss-reactive ketones (excluding diaryl/α,β-unsaturated/α-hetero) is 2. The number of hydrogen-bond donors (Lipinski definition) is 2. The number of thiazole rings is 1. The van der Waals surface area contributed by atoms with Crippen molar-refractivity contribution in [3.05, 3.63) is 39.8 Å². The zero-order chi connectivity index (χ0) is 52.7. The molecular weight excluding hydrogens is 933 g/mol.